The number of fused-ring (bicyclic) bond motifs is 3. The van der Waals surface area contributed by atoms with Gasteiger partial charge in [-0.05, 0) is 17.7 Å². The summed E-state index contributed by atoms with van der Waals surface area (Å²) < 4.78 is 56.3. The molecule has 1 aliphatic rings. The molecule has 3 heterocycles. The topological polar surface area (TPSA) is 121 Å². The van der Waals surface area contributed by atoms with Crippen molar-refractivity contribution in [2.75, 3.05) is 32.7 Å². The van der Waals surface area contributed by atoms with Crippen LogP contribution < -0.4 is 25.3 Å². The van der Waals surface area contributed by atoms with Gasteiger partial charge in [-0.25, -0.2) is 15.0 Å². The van der Waals surface area contributed by atoms with Crippen LogP contribution in [0.3, 0.4) is 0 Å². The molecule has 0 saturated heterocycles. The van der Waals surface area contributed by atoms with E-state index in [-0.39, 0.29) is 11.5 Å². The van der Waals surface area contributed by atoms with E-state index in [1.54, 1.807) is 37.2 Å². The number of nitrogens with one attached hydrogen (secondary N) is 1. The molecule has 13 heteroatoms. The van der Waals surface area contributed by atoms with Crippen molar-refractivity contribution in [2.45, 2.75) is 19.3 Å². The first-order valence-corrected chi connectivity index (χ1v) is 10.8. The van der Waals surface area contributed by atoms with E-state index in [0.717, 1.165) is 11.9 Å². The van der Waals surface area contributed by atoms with Crippen molar-refractivity contribution in [1.29, 1.82) is 0 Å². The number of rotatable bonds is 7. The lowest BCUT2D eigenvalue weighted by atomic mass is 10.2. The number of benzene rings is 1. The maximum atomic E-state index is 12.7. The number of alkyl halides is 3. The van der Waals surface area contributed by atoms with E-state index in [2.05, 4.69) is 25.3 Å². The van der Waals surface area contributed by atoms with E-state index in [9.17, 15) is 13.2 Å². The number of imidazole rings is 1. The predicted octanol–water partition coefficient (Wildman–Crippen LogP) is 3.26. The zero-order valence-electron chi connectivity index (χ0n) is 19.5. The first-order valence-electron chi connectivity index (χ1n) is 10.8. The summed E-state index contributed by atoms with van der Waals surface area (Å²) in [6.45, 7) is -0.173. The van der Waals surface area contributed by atoms with Gasteiger partial charge in [-0.15, -0.1) is 0 Å². The van der Waals surface area contributed by atoms with Crippen molar-refractivity contribution in [2.24, 2.45) is 15.7 Å². The van der Waals surface area contributed by atoms with Crippen LogP contribution in [0.1, 0.15) is 11.3 Å². The van der Waals surface area contributed by atoms with Gasteiger partial charge in [0.1, 0.15) is 36.2 Å². The average molecular weight is 503 g/mol. The second-order valence-electron chi connectivity index (χ2n) is 7.63. The molecule has 0 fully saturated rings. The van der Waals surface area contributed by atoms with Crippen molar-refractivity contribution in [3.8, 4) is 28.6 Å². The molecule has 0 aliphatic carbocycles. The van der Waals surface area contributed by atoms with Gasteiger partial charge < -0.3 is 29.8 Å². The molecule has 0 amide bonds. The molecule has 0 bridgehead atoms. The molecule has 1 aliphatic heterocycles. The molecule has 36 heavy (non-hydrogen) atoms. The van der Waals surface area contributed by atoms with Crippen molar-refractivity contribution in [1.82, 2.24) is 14.5 Å². The van der Waals surface area contributed by atoms with E-state index < -0.39 is 12.7 Å². The third kappa shape index (κ3) is 5.67. The van der Waals surface area contributed by atoms with Gasteiger partial charge in [0.05, 0.1) is 32.7 Å². The van der Waals surface area contributed by atoms with Gasteiger partial charge in [-0.3, -0.25) is 4.99 Å². The van der Waals surface area contributed by atoms with E-state index >= 15 is 0 Å². The summed E-state index contributed by atoms with van der Waals surface area (Å²) in [6.07, 6.45) is -0.427. The third-order valence-electron chi connectivity index (χ3n) is 5.23. The standard InChI is InChI=1S/C23H24F3N7O3/c1-34-17-4-3-14(7-19(17)35-2)9-28-20-8-18-15(10-29-20)22-32-16(11-33(22)5-6-36-18)21(31-13-27)30-12-23(24,25)26/h3-4,7-8,10-11,13H,5-6,9,12H2,1-2H3,(H,28,29)(H2,27,30,31). The van der Waals surface area contributed by atoms with E-state index in [1.807, 2.05) is 18.2 Å². The predicted molar refractivity (Wildman–Crippen MR) is 128 cm³/mol. The highest BCUT2D eigenvalue weighted by molar-refractivity contribution is 6.01. The number of halogens is 3. The number of anilines is 1. The van der Waals surface area contributed by atoms with Gasteiger partial charge in [0, 0.05) is 25.0 Å². The van der Waals surface area contributed by atoms with E-state index in [1.165, 1.54) is 0 Å². The molecule has 0 saturated carbocycles. The molecule has 0 atom stereocenters. The van der Waals surface area contributed by atoms with Crippen molar-refractivity contribution >= 4 is 18.0 Å². The minimum absolute atomic E-state index is 0.166. The Labute approximate surface area is 204 Å². The summed E-state index contributed by atoms with van der Waals surface area (Å²) in [7, 11) is 3.15. The SMILES string of the molecule is COc1ccc(CNc2cc3c(cn2)-c2nc(C(N=CN)=NCC(F)(F)F)cn2CCO3)cc1OC. The fraction of sp³-hybridized carbons (Fsp3) is 0.304. The maximum absolute atomic E-state index is 12.7. The molecule has 1 aromatic carbocycles. The fourth-order valence-electron chi connectivity index (χ4n) is 3.59. The number of aromatic nitrogens is 3. The van der Waals surface area contributed by atoms with Gasteiger partial charge in [0.2, 0.25) is 0 Å². The molecule has 4 rings (SSSR count). The molecule has 10 nitrogen and oxygen atoms in total. The zero-order valence-corrected chi connectivity index (χ0v) is 19.5. The van der Waals surface area contributed by atoms with Crippen LogP contribution in [0.25, 0.3) is 11.4 Å². The molecular weight excluding hydrogens is 479 g/mol. The summed E-state index contributed by atoms with van der Waals surface area (Å²) in [5, 5.41) is 3.24. The monoisotopic (exact) mass is 503 g/mol. The first kappa shape index (κ1) is 24.8. The summed E-state index contributed by atoms with van der Waals surface area (Å²) in [5.74, 6) is 2.63. The number of amidine groups is 1. The Morgan fingerprint density at radius 3 is 2.78 bits per heavy atom. The third-order valence-corrected chi connectivity index (χ3v) is 5.23. The maximum Gasteiger partial charge on any atom is 0.408 e. The van der Waals surface area contributed by atoms with Crippen LogP contribution in [-0.4, -0.2) is 60.3 Å². The van der Waals surface area contributed by atoms with E-state index in [0.29, 0.717) is 54.2 Å². The lowest BCUT2D eigenvalue weighted by molar-refractivity contribution is -0.118. The molecule has 0 spiro atoms. The van der Waals surface area contributed by atoms with Gasteiger partial charge in [0.25, 0.3) is 0 Å². The molecule has 0 radical (unpaired) electrons. The van der Waals surface area contributed by atoms with Crippen LogP contribution in [0.15, 0.2) is 46.6 Å². The van der Waals surface area contributed by atoms with Crippen molar-refractivity contribution in [3.63, 3.8) is 0 Å². The Morgan fingerprint density at radius 1 is 1.25 bits per heavy atom. The quantitative estimate of drug-likeness (QED) is 0.375. The number of hydrogen-bond acceptors (Lipinski definition) is 7. The van der Waals surface area contributed by atoms with Crippen LogP contribution in [-0.2, 0) is 13.1 Å². The number of hydrogen-bond donors (Lipinski definition) is 2. The minimum Gasteiger partial charge on any atom is -0.493 e. The summed E-state index contributed by atoms with van der Waals surface area (Å²) in [6, 6.07) is 7.35. The normalized spacial score (nSPS) is 13.5. The summed E-state index contributed by atoms with van der Waals surface area (Å²) in [5.41, 5.74) is 7.02. The molecule has 190 valence electrons. The molecular formula is C23H24F3N7O3. The molecule has 0 unspecified atom stereocenters. The molecule has 3 aromatic rings. The number of aliphatic imine (C=N–C) groups is 2. The van der Waals surface area contributed by atoms with Crippen molar-refractivity contribution in [3.05, 3.63) is 47.9 Å². The number of nitrogens with zero attached hydrogens (tertiary/aromatic N) is 5. The number of nitrogens with two attached hydrogens (primary N) is 1. The smallest absolute Gasteiger partial charge is 0.408 e. The lowest BCUT2D eigenvalue weighted by Crippen LogP contribution is -2.14. The number of ether oxygens (including phenoxy) is 3. The Morgan fingerprint density at radius 2 is 2.06 bits per heavy atom. The Kier molecular flexibility index (Phi) is 7.27. The van der Waals surface area contributed by atoms with E-state index in [4.69, 9.17) is 19.9 Å². The summed E-state index contributed by atoms with van der Waals surface area (Å²) >= 11 is 0. The molecule has 2 aromatic heterocycles. The number of methoxy groups -OCH3 is 2. The van der Waals surface area contributed by atoms with Gasteiger partial charge in [-0.1, -0.05) is 6.07 Å². The Bertz CT molecular complexity index is 1290. The van der Waals surface area contributed by atoms with Crippen molar-refractivity contribution < 1.29 is 27.4 Å². The van der Waals surface area contributed by atoms with Crippen LogP contribution in [0, 0.1) is 0 Å². The van der Waals surface area contributed by atoms with Gasteiger partial charge in [0.15, 0.2) is 17.3 Å². The summed E-state index contributed by atoms with van der Waals surface area (Å²) in [4.78, 5) is 16.2. The van der Waals surface area contributed by atoms with Gasteiger partial charge in [-0.2, -0.15) is 13.2 Å². The highest BCUT2D eigenvalue weighted by Gasteiger charge is 2.28. The number of pyridine rings is 1. The lowest BCUT2D eigenvalue weighted by Gasteiger charge is -2.12. The Balaban J connectivity index is 1.57. The Hall–Kier alpha value is -4.29. The average Bonchev–Trinajstić information content (AvgIpc) is 3.20. The van der Waals surface area contributed by atoms with Crippen LogP contribution in [0.5, 0.6) is 17.2 Å². The second-order valence-corrected chi connectivity index (χ2v) is 7.63. The van der Waals surface area contributed by atoms with Crippen LogP contribution in [0.2, 0.25) is 0 Å². The minimum atomic E-state index is -4.48. The highest BCUT2D eigenvalue weighted by Crippen LogP contribution is 2.34. The van der Waals surface area contributed by atoms with Crippen LogP contribution in [0.4, 0.5) is 19.0 Å². The molecule has 3 N–H and O–H groups in total. The second kappa shape index (κ2) is 10.5. The van der Waals surface area contributed by atoms with Gasteiger partial charge >= 0.3 is 6.18 Å². The first-order chi connectivity index (χ1) is 17.3. The fourth-order valence-corrected chi connectivity index (χ4v) is 3.59. The van der Waals surface area contributed by atoms with Crippen LogP contribution >= 0.6 is 0 Å². The highest BCUT2D eigenvalue weighted by atomic mass is 19.4. The zero-order chi connectivity index (χ0) is 25.7. The largest absolute Gasteiger partial charge is 0.493 e.